The molecule has 0 spiro atoms. The minimum Gasteiger partial charge on any atom is -1.00 e. The van der Waals surface area contributed by atoms with Gasteiger partial charge in [-0.3, -0.25) is 0 Å². The average Bonchev–Trinajstić information content (AvgIpc) is 2.68. The van der Waals surface area contributed by atoms with Gasteiger partial charge in [-0.2, -0.15) is 0 Å². The smallest absolute Gasteiger partial charge is 0.111 e. The molecular formula is C22H23ClN3-. The van der Waals surface area contributed by atoms with Gasteiger partial charge in [0.15, 0.2) is 0 Å². The van der Waals surface area contributed by atoms with Crippen LogP contribution in [0.1, 0.15) is 6.92 Å². The molecule has 0 amide bonds. The number of para-hydroxylation sites is 3. The molecule has 3 rings (SSSR count). The van der Waals surface area contributed by atoms with Crippen LogP contribution >= 0.6 is 0 Å². The summed E-state index contributed by atoms with van der Waals surface area (Å²) in [6.45, 7) is 2.98. The van der Waals surface area contributed by atoms with Crippen molar-refractivity contribution in [3.63, 3.8) is 0 Å². The lowest BCUT2D eigenvalue weighted by molar-refractivity contribution is -0.00000504. The zero-order valence-corrected chi connectivity index (χ0v) is 15.5. The van der Waals surface area contributed by atoms with E-state index in [0.717, 1.165) is 29.4 Å². The highest BCUT2D eigenvalue weighted by atomic mass is 35.5. The minimum atomic E-state index is 0. The molecule has 3 aromatic rings. The van der Waals surface area contributed by atoms with E-state index in [1.165, 1.54) is 0 Å². The zero-order chi connectivity index (χ0) is 17.3. The molecule has 2 N–H and O–H groups in total. The van der Waals surface area contributed by atoms with Gasteiger partial charge in [0, 0.05) is 23.8 Å². The lowest BCUT2D eigenvalue weighted by atomic mass is 10.1. The second-order valence-electron chi connectivity index (χ2n) is 5.97. The molecule has 0 radical (unpaired) electrons. The molecular weight excluding hydrogens is 342 g/mol. The third-order valence-electron chi connectivity index (χ3n) is 3.90. The Labute approximate surface area is 161 Å². The second-order valence-corrected chi connectivity index (χ2v) is 5.97. The van der Waals surface area contributed by atoms with Gasteiger partial charge in [0.2, 0.25) is 0 Å². The van der Waals surface area contributed by atoms with Crippen LogP contribution in [0.15, 0.2) is 96.0 Å². The topological polar surface area (TPSA) is 36.4 Å². The summed E-state index contributed by atoms with van der Waals surface area (Å²) in [5.41, 5.74) is 3.12. The van der Waals surface area contributed by atoms with Crippen molar-refractivity contribution in [2.24, 2.45) is 10.9 Å². The van der Waals surface area contributed by atoms with E-state index in [4.69, 9.17) is 4.99 Å². The van der Waals surface area contributed by atoms with E-state index in [1.807, 2.05) is 66.7 Å². The van der Waals surface area contributed by atoms with Gasteiger partial charge in [-0.05, 0) is 36.4 Å². The van der Waals surface area contributed by atoms with E-state index in [9.17, 15) is 0 Å². The number of benzene rings is 3. The van der Waals surface area contributed by atoms with Crippen molar-refractivity contribution in [1.29, 1.82) is 0 Å². The van der Waals surface area contributed by atoms with Crippen LogP contribution in [0.2, 0.25) is 0 Å². The van der Waals surface area contributed by atoms with Crippen molar-refractivity contribution in [3.05, 3.63) is 91.0 Å². The SMILES string of the molecule is CC(CNc1ccccc1)C(=Nc1ccccc1)Nc1ccccc1.[Cl-]. The van der Waals surface area contributed by atoms with Crippen molar-refractivity contribution in [1.82, 2.24) is 0 Å². The maximum atomic E-state index is 4.83. The zero-order valence-electron chi connectivity index (χ0n) is 14.8. The Balaban J connectivity index is 0.00000243. The summed E-state index contributed by atoms with van der Waals surface area (Å²) in [4.78, 5) is 4.83. The van der Waals surface area contributed by atoms with Gasteiger partial charge >= 0.3 is 0 Å². The van der Waals surface area contributed by atoms with Crippen molar-refractivity contribution in [3.8, 4) is 0 Å². The van der Waals surface area contributed by atoms with Gasteiger partial charge in [0.25, 0.3) is 0 Å². The number of halogens is 1. The summed E-state index contributed by atoms with van der Waals surface area (Å²) in [7, 11) is 0. The molecule has 0 heterocycles. The van der Waals surface area contributed by atoms with E-state index >= 15 is 0 Å². The summed E-state index contributed by atoms with van der Waals surface area (Å²) >= 11 is 0. The van der Waals surface area contributed by atoms with Crippen LogP contribution in [0.25, 0.3) is 0 Å². The lowest BCUT2D eigenvalue weighted by Gasteiger charge is -2.18. The Kier molecular flexibility index (Phi) is 7.72. The number of aliphatic imine (C=N–C) groups is 1. The molecule has 0 saturated heterocycles. The normalized spacial score (nSPS) is 12.0. The van der Waals surface area contributed by atoms with Crippen molar-refractivity contribution < 1.29 is 12.4 Å². The first-order chi connectivity index (χ1) is 12.3. The van der Waals surface area contributed by atoms with E-state index in [2.05, 4.69) is 41.8 Å². The summed E-state index contributed by atoms with van der Waals surface area (Å²) in [5.74, 6) is 1.17. The quantitative estimate of drug-likeness (QED) is 0.521. The summed E-state index contributed by atoms with van der Waals surface area (Å²) in [6.07, 6.45) is 0. The molecule has 0 aliphatic carbocycles. The highest BCUT2D eigenvalue weighted by molar-refractivity contribution is 5.98. The number of amidine groups is 1. The maximum Gasteiger partial charge on any atom is 0.111 e. The molecule has 0 fully saturated rings. The largest absolute Gasteiger partial charge is 1.00 e. The molecule has 1 atom stereocenters. The lowest BCUT2D eigenvalue weighted by Crippen LogP contribution is -3.00. The molecule has 1 unspecified atom stereocenters. The monoisotopic (exact) mass is 364 g/mol. The summed E-state index contributed by atoms with van der Waals surface area (Å²) in [5, 5.41) is 6.95. The Morgan fingerprint density at radius 1 is 0.769 bits per heavy atom. The van der Waals surface area contributed by atoms with Crippen LogP contribution < -0.4 is 23.0 Å². The van der Waals surface area contributed by atoms with Gasteiger partial charge in [0.1, 0.15) is 5.84 Å². The molecule has 3 aromatic carbocycles. The number of hydrogen-bond acceptors (Lipinski definition) is 2. The van der Waals surface area contributed by atoms with Crippen molar-refractivity contribution >= 4 is 22.9 Å². The predicted octanol–water partition coefficient (Wildman–Crippen LogP) is 2.58. The molecule has 0 saturated carbocycles. The number of nitrogens with zero attached hydrogens (tertiary/aromatic N) is 1. The number of nitrogens with one attached hydrogen (secondary N) is 2. The average molecular weight is 365 g/mol. The summed E-state index contributed by atoms with van der Waals surface area (Å²) < 4.78 is 0. The first kappa shape index (κ1) is 19.5. The van der Waals surface area contributed by atoms with Gasteiger partial charge in [-0.1, -0.05) is 61.5 Å². The molecule has 0 aliphatic rings. The Bertz CT molecular complexity index is 789. The molecule has 4 heteroatoms. The fraction of sp³-hybridized carbons (Fsp3) is 0.136. The van der Waals surface area contributed by atoms with Crippen LogP contribution in [0.5, 0.6) is 0 Å². The van der Waals surface area contributed by atoms with Crippen LogP contribution in [-0.4, -0.2) is 12.4 Å². The van der Waals surface area contributed by atoms with Gasteiger partial charge < -0.3 is 23.0 Å². The fourth-order valence-corrected chi connectivity index (χ4v) is 2.50. The summed E-state index contributed by atoms with van der Waals surface area (Å²) in [6, 6.07) is 30.5. The van der Waals surface area contributed by atoms with Crippen LogP contribution in [0.3, 0.4) is 0 Å². The molecule has 0 aliphatic heterocycles. The maximum absolute atomic E-state index is 4.83. The number of rotatable bonds is 6. The van der Waals surface area contributed by atoms with Gasteiger partial charge in [-0.15, -0.1) is 0 Å². The second kappa shape index (κ2) is 10.3. The van der Waals surface area contributed by atoms with Crippen LogP contribution in [-0.2, 0) is 0 Å². The van der Waals surface area contributed by atoms with Gasteiger partial charge in [0.05, 0.1) is 5.69 Å². The van der Waals surface area contributed by atoms with Crippen molar-refractivity contribution in [2.45, 2.75) is 6.92 Å². The van der Waals surface area contributed by atoms with Crippen molar-refractivity contribution in [2.75, 3.05) is 17.2 Å². The van der Waals surface area contributed by atoms with Crippen LogP contribution in [0.4, 0.5) is 17.1 Å². The standard InChI is InChI=1S/C22H23N3.ClH/c1-18(17-23-19-11-5-2-6-12-19)22(24-20-13-7-3-8-14-20)25-21-15-9-4-10-16-21;/h2-16,18,23H,17H2,1H3,(H,24,25);1H/p-1. The highest BCUT2D eigenvalue weighted by Crippen LogP contribution is 2.16. The van der Waals surface area contributed by atoms with E-state index in [-0.39, 0.29) is 18.3 Å². The number of hydrogen-bond donors (Lipinski definition) is 2. The first-order valence-electron chi connectivity index (χ1n) is 8.56. The molecule has 134 valence electrons. The van der Waals surface area contributed by atoms with Gasteiger partial charge in [-0.25, -0.2) is 4.99 Å². The Morgan fingerprint density at radius 2 is 1.27 bits per heavy atom. The molecule has 0 bridgehead atoms. The third kappa shape index (κ3) is 5.94. The molecule has 26 heavy (non-hydrogen) atoms. The Morgan fingerprint density at radius 3 is 1.85 bits per heavy atom. The highest BCUT2D eigenvalue weighted by Gasteiger charge is 2.11. The van der Waals surface area contributed by atoms with E-state index in [0.29, 0.717) is 0 Å². The molecule has 0 aromatic heterocycles. The van der Waals surface area contributed by atoms with E-state index < -0.39 is 0 Å². The minimum absolute atomic E-state index is 0. The third-order valence-corrected chi connectivity index (χ3v) is 3.90. The van der Waals surface area contributed by atoms with Crippen LogP contribution in [0, 0.1) is 5.92 Å². The fourth-order valence-electron chi connectivity index (χ4n) is 2.50. The molecule has 3 nitrogen and oxygen atoms in total. The predicted molar refractivity (Wildman–Crippen MR) is 108 cm³/mol. The first-order valence-corrected chi connectivity index (χ1v) is 8.56. The van der Waals surface area contributed by atoms with E-state index in [1.54, 1.807) is 0 Å². The Hall–Kier alpha value is -2.78. The number of anilines is 2.